The van der Waals surface area contributed by atoms with E-state index in [0.29, 0.717) is 5.82 Å². The van der Waals surface area contributed by atoms with Crippen LogP contribution in [0.4, 0.5) is 5.69 Å². The second kappa shape index (κ2) is 5.52. The Morgan fingerprint density at radius 3 is 3.05 bits per heavy atom. The smallest absolute Gasteiger partial charge is 0.204 e. The van der Waals surface area contributed by atoms with E-state index in [1.807, 2.05) is 41.2 Å². The molecular weight excluding hydrogens is 254 g/mol. The highest BCUT2D eigenvalue weighted by atomic mass is 15.5. The van der Waals surface area contributed by atoms with E-state index in [1.165, 1.54) is 0 Å². The number of H-pyrrole nitrogens is 1. The molecule has 0 bridgehead atoms. The van der Waals surface area contributed by atoms with Gasteiger partial charge in [-0.05, 0) is 30.3 Å². The predicted octanol–water partition coefficient (Wildman–Crippen LogP) is 1.70. The second-order valence-electron chi connectivity index (χ2n) is 4.31. The molecule has 0 amide bonds. The summed E-state index contributed by atoms with van der Waals surface area (Å²) in [6.45, 7) is 3.67. The molecule has 102 valence electrons. The molecular formula is C13H15N7. The zero-order valence-corrected chi connectivity index (χ0v) is 11.1. The van der Waals surface area contributed by atoms with E-state index < -0.39 is 0 Å². The van der Waals surface area contributed by atoms with Gasteiger partial charge in [0.15, 0.2) is 0 Å². The summed E-state index contributed by atoms with van der Waals surface area (Å²) >= 11 is 0. The van der Waals surface area contributed by atoms with Crippen molar-refractivity contribution in [2.75, 3.05) is 5.32 Å². The summed E-state index contributed by atoms with van der Waals surface area (Å²) < 4.78 is 1.97. The molecule has 2 N–H and O–H groups in total. The Hall–Kier alpha value is -2.70. The van der Waals surface area contributed by atoms with E-state index in [0.717, 1.165) is 30.0 Å². The van der Waals surface area contributed by atoms with E-state index in [4.69, 9.17) is 0 Å². The van der Waals surface area contributed by atoms with Crippen molar-refractivity contribution < 1.29 is 0 Å². The Morgan fingerprint density at radius 2 is 2.25 bits per heavy atom. The van der Waals surface area contributed by atoms with Crippen molar-refractivity contribution in [1.29, 1.82) is 0 Å². The molecule has 0 radical (unpaired) electrons. The van der Waals surface area contributed by atoms with Crippen LogP contribution in [0.2, 0.25) is 0 Å². The van der Waals surface area contributed by atoms with Gasteiger partial charge in [-0.1, -0.05) is 12.1 Å². The van der Waals surface area contributed by atoms with E-state index in [9.17, 15) is 0 Å². The lowest BCUT2D eigenvalue weighted by Gasteiger charge is -2.08. The Morgan fingerprint density at radius 1 is 1.30 bits per heavy atom. The van der Waals surface area contributed by atoms with Gasteiger partial charge in [-0.3, -0.25) is 4.68 Å². The van der Waals surface area contributed by atoms with Crippen LogP contribution in [0.1, 0.15) is 12.6 Å². The van der Waals surface area contributed by atoms with Gasteiger partial charge in [0.25, 0.3) is 0 Å². The average molecular weight is 269 g/mol. The van der Waals surface area contributed by atoms with Gasteiger partial charge >= 0.3 is 0 Å². The first-order valence-corrected chi connectivity index (χ1v) is 6.45. The lowest BCUT2D eigenvalue weighted by atomic mass is 10.2. The van der Waals surface area contributed by atoms with Crippen molar-refractivity contribution in [1.82, 2.24) is 30.4 Å². The zero-order valence-electron chi connectivity index (χ0n) is 11.1. The summed E-state index contributed by atoms with van der Waals surface area (Å²) in [5.74, 6) is 0.590. The van der Waals surface area contributed by atoms with Crippen LogP contribution < -0.4 is 5.32 Å². The topological polar surface area (TPSA) is 84.3 Å². The molecule has 0 saturated carbocycles. The lowest BCUT2D eigenvalue weighted by molar-refractivity contribution is 0.627. The van der Waals surface area contributed by atoms with Crippen LogP contribution in [0.3, 0.4) is 0 Å². The minimum absolute atomic E-state index is 0.590. The normalized spacial score (nSPS) is 10.7. The molecule has 1 aromatic carbocycles. The molecule has 20 heavy (non-hydrogen) atoms. The molecule has 0 fully saturated rings. The highest BCUT2D eigenvalue weighted by Gasteiger charge is 2.04. The first kappa shape index (κ1) is 12.3. The van der Waals surface area contributed by atoms with Crippen molar-refractivity contribution in [3.8, 4) is 11.4 Å². The molecule has 0 atom stereocenters. The van der Waals surface area contributed by atoms with Crippen LogP contribution >= 0.6 is 0 Å². The molecule has 0 aliphatic carbocycles. The third kappa shape index (κ3) is 2.51. The summed E-state index contributed by atoms with van der Waals surface area (Å²) in [7, 11) is 0. The van der Waals surface area contributed by atoms with Crippen molar-refractivity contribution in [2.24, 2.45) is 0 Å². The highest BCUT2D eigenvalue weighted by Crippen LogP contribution is 2.18. The lowest BCUT2D eigenvalue weighted by Crippen LogP contribution is -2.07. The van der Waals surface area contributed by atoms with Crippen molar-refractivity contribution in [3.05, 3.63) is 42.2 Å². The molecule has 0 aliphatic rings. The minimum Gasteiger partial charge on any atom is -0.379 e. The maximum absolute atomic E-state index is 4.25. The summed E-state index contributed by atoms with van der Waals surface area (Å²) in [6.07, 6.45) is 1.82. The zero-order chi connectivity index (χ0) is 13.8. The summed E-state index contributed by atoms with van der Waals surface area (Å²) in [6, 6.07) is 9.94. The third-order valence-corrected chi connectivity index (χ3v) is 3.04. The molecule has 3 rings (SSSR count). The standard InChI is InChI=1S/C13H15N7/c1-2-20-12(6-7-15-20)9-14-11-5-3-4-10(8-11)13-16-18-19-17-13/h3-8,14H,2,9H2,1H3,(H,16,17,18,19). The molecule has 0 saturated heterocycles. The number of rotatable bonds is 5. The molecule has 0 unspecified atom stereocenters. The van der Waals surface area contributed by atoms with Gasteiger partial charge in [0.05, 0.1) is 12.2 Å². The monoisotopic (exact) mass is 269 g/mol. The van der Waals surface area contributed by atoms with Gasteiger partial charge in [-0.15, -0.1) is 10.2 Å². The third-order valence-electron chi connectivity index (χ3n) is 3.04. The number of hydrogen-bond acceptors (Lipinski definition) is 5. The molecule has 3 aromatic rings. The Kier molecular flexibility index (Phi) is 3.40. The number of aromatic nitrogens is 6. The summed E-state index contributed by atoms with van der Waals surface area (Å²) in [4.78, 5) is 0. The Labute approximate surface area is 116 Å². The van der Waals surface area contributed by atoms with E-state index in [-0.39, 0.29) is 0 Å². The Bertz CT molecular complexity index is 672. The van der Waals surface area contributed by atoms with Crippen LogP contribution in [-0.2, 0) is 13.1 Å². The average Bonchev–Trinajstić information content (AvgIpc) is 3.16. The van der Waals surface area contributed by atoms with E-state index >= 15 is 0 Å². The van der Waals surface area contributed by atoms with Gasteiger partial charge in [-0.25, -0.2) is 0 Å². The number of anilines is 1. The van der Waals surface area contributed by atoms with Gasteiger partial charge in [0.2, 0.25) is 5.82 Å². The first-order valence-electron chi connectivity index (χ1n) is 6.45. The number of nitrogens with one attached hydrogen (secondary N) is 2. The van der Waals surface area contributed by atoms with Gasteiger partial charge in [0, 0.05) is 24.0 Å². The van der Waals surface area contributed by atoms with Crippen molar-refractivity contribution in [3.63, 3.8) is 0 Å². The van der Waals surface area contributed by atoms with Crippen molar-refractivity contribution in [2.45, 2.75) is 20.0 Å². The van der Waals surface area contributed by atoms with Crippen LogP contribution in [0.5, 0.6) is 0 Å². The second-order valence-corrected chi connectivity index (χ2v) is 4.31. The van der Waals surface area contributed by atoms with Crippen LogP contribution in [0, 0.1) is 0 Å². The molecule has 2 aromatic heterocycles. The number of benzene rings is 1. The maximum atomic E-state index is 4.25. The number of aryl methyl sites for hydroxylation is 1. The highest BCUT2D eigenvalue weighted by molar-refractivity contribution is 5.61. The maximum Gasteiger partial charge on any atom is 0.204 e. The van der Waals surface area contributed by atoms with Crippen molar-refractivity contribution >= 4 is 5.69 Å². The van der Waals surface area contributed by atoms with E-state index in [1.54, 1.807) is 0 Å². The number of nitrogens with zero attached hydrogens (tertiary/aromatic N) is 5. The van der Waals surface area contributed by atoms with Crippen LogP contribution in [0.25, 0.3) is 11.4 Å². The first-order chi connectivity index (χ1) is 9.86. The Balaban J connectivity index is 1.74. The minimum atomic E-state index is 0.590. The number of aromatic amines is 1. The quantitative estimate of drug-likeness (QED) is 0.736. The molecule has 7 heteroatoms. The molecule has 7 nitrogen and oxygen atoms in total. The van der Waals surface area contributed by atoms with Crippen LogP contribution in [0.15, 0.2) is 36.5 Å². The number of hydrogen-bond donors (Lipinski definition) is 2. The van der Waals surface area contributed by atoms with E-state index in [2.05, 4.69) is 38.0 Å². The summed E-state index contributed by atoms with van der Waals surface area (Å²) in [5, 5.41) is 21.6. The summed E-state index contributed by atoms with van der Waals surface area (Å²) in [5.41, 5.74) is 3.08. The SMILES string of the molecule is CCn1nccc1CNc1cccc(-c2nn[nH]n2)c1. The fraction of sp³-hybridized carbons (Fsp3) is 0.231. The molecule has 0 aliphatic heterocycles. The van der Waals surface area contributed by atoms with Gasteiger partial charge in [-0.2, -0.15) is 10.3 Å². The van der Waals surface area contributed by atoms with Gasteiger partial charge < -0.3 is 5.32 Å². The molecule has 0 spiro atoms. The fourth-order valence-electron chi connectivity index (χ4n) is 2.04. The van der Waals surface area contributed by atoms with Gasteiger partial charge in [0.1, 0.15) is 0 Å². The predicted molar refractivity (Wildman–Crippen MR) is 74.8 cm³/mol. The molecule has 2 heterocycles. The van der Waals surface area contributed by atoms with Crippen LogP contribution in [-0.4, -0.2) is 30.4 Å². The number of tetrazole rings is 1. The fourth-order valence-corrected chi connectivity index (χ4v) is 2.04. The largest absolute Gasteiger partial charge is 0.379 e.